The molecule has 0 bridgehead atoms. The van der Waals surface area contributed by atoms with Crippen molar-refractivity contribution in [2.45, 2.75) is 43.0 Å². The topological polar surface area (TPSA) is 74.8 Å². The first-order valence-electron chi connectivity index (χ1n) is 8.46. The molecule has 2 heterocycles. The van der Waals surface area contributed by atoms with Crippen molar-refractivity contribution in [1.29, 1.82) is 0 Å². The monoisotopic (exact) mass is 470 g/mol. The summed E-state index contributed by atoms with van der Waals surface area (Å²) in [6.45, 7) is 3.61. The van der Waals surface area contributed by atoms with Crippen LogP contribution in [0, 0.1) is 0 Å². The lowest BCUT2D eigenvalue weighted by Gasteiger charge is -2.31. The van der Waals surface area contributed by atoms with E-state index in [-0.39, 0.29) is 10.6 Å². The van der Waals surface area contributed by atoms with E-state index in [1.807, 2.05) is 6.92 Å². The van der Waals surface area contributed by atoms with Crippen LogP contribution in [0.1, 0.15) is 26.7 Å². The van der Waals surface area contributed by atoms with Crippen molar-refractivity contribution in [2.75, 3.05) is 4.90 Å². The maximum absolute atomic E-state index is 13.2. The standard InChI is InChI=1S/C18H19BrN2O4S2/c1-3-12(2)21(27(24,25)17-5-4-10-26-17)15-11-16(22)20(18(15)23)14-8-6-13(19)7-9-14/h4-10,12,15H,3,11H2,1-2H3. The molecular weight excluding hydrogens is 452 g/mol. The number of sulfonamides is 1. The normalized spacial score (nSPS) is 19.1. The van der Waals surface area contributed by atoms with Crippen LogP contribution in [0.5, 0.6) is 0 Å². The van der Waals surface area contributed by atoms with E-state index in [4.69, 9.17) is 0 Å². The van der Waals surface area contributed by atoms with Gasteiger partial charge in [0.2, 0.25) is 5.91 Å². The Kier molecular flexibility index (Phi) is 5.85. The Balaban J connectivity index is 2.00. The lowest BCUT2D eigenvalue weighted by molar-refractivity contribution is -0.122. The maximum atomic E-state index is 13.2. The van der Waals surface area contributed by atoms with Crippen LogP contribution in [0.4, 0.5) is 5.69 Å². The second kappa shape index (κ2) is 7.83. The number of thiophene rings is 1. The number of hydrogen-bond acceptors (Lipinski definition) is 5. The van der Waals surface area contributed by atoms with Crippen molar-refractivity contribution in [3.05, 3.63) is 46.3 Å². The van der Waals surface area contributed by atoms with Gasteiger partial charge in [0.15, 0.2) is 0 Å². The number of nitrogens with zero attached hydrogens (tertiary/aromatic N) is 2. The first-order valence-corrected chi connectivity index (χ1v) is 11.6. The number of hydrogen-bond donors (Lipinski definition) is 0. The van der Waals surface area contributed by atoms with Crippen LogP contribution >= 0.6 is 27.3 Å². The number of amides is 2. The highest BCUT2D eigenvalue weighted by Gasteiger charge is 2.48. The van der Waals surface area contributed by atoms with Gasteiger partial charge >= 0.3 is 0 Å². The average molecular weight is 471 g/mol. The lowest BCUT2D eigenvalue weighted by Crippen LogP contribution is -2.49. The molecule has 1 fully saturated rings. The van der Waals surface area contributed by atoms with Crippen molar-refractivity contribution in [1.82, 2.24) is 4.31 Å². The van der Waals surface area contributed by atoms with Gasteiger partial charge < -0.3 is 0 Å². The molecule has 9 heteroatoms. The quantitative estimate of drug-likeness (QED) is 0.604. The lowest BCUT2D eigenvalue weighted by atomic mass is 10.2. The zero-order valence-corrected chi connectivity index (χ0v) is 18.1. The summed E-state index contributed by atoms with van der Waals surface area (Å²) >= 11 is 4.42. The highest BCUT2D eigenvalue weighted by Crippen LogP contribution is 2.33. The van der Waals surface area contributed by atoms with Crippen molar-refractivity contribution in [3.63, 3.8) is 0 Å². The smallest absolute Gasteiger partial charge is 0.253 e. The molecule has 1 aromatic carbocycles. The maximum Gasteiger partial charge on any atom is 0.253 e. The van der Waals surface area contributed by atoms with Crippen LogP contribution in [-0.2, 0) is 19.6 Å². The van der Waals surface area contributed by atoms with Crippen molar-refractivity contribution >= 4 is 54.8 Å². The third kappa shape index (κ3) is 3.73. The van der Waals surface area contributed by atoms with Crippen LogP contribution in [0.25, 0.3) is 0 Å². The predicted octanol–water partition coefficient (Wildman–Crippen LogP) is 3.63. The fourth-order valence-electron chi connectivity index (χ4n) is 3.08. The molecule has 1 saturated heterocycles. The first-order chi connectivity index (χ1) is 12.8. The van der Waals surface area contributed by atoms with Gasteiger partial charge in [-0.3, -0.25) is 9.59 Å². The van der Waals surface area contributed by atoms with Crippen molar-refractivity contribution in [2.24, 2.45) is 0 Å². The summed E-state index contributed by atoms with van der Waals surface area (Å²) in [6.07, 6.45) is 0.366. The molecule has 6 nitrogen and oxygen atoms in total. The van der Waals surface area contributed by atoms with Gasteiger partial charge in [-0.15, -0.1) is 11.3 Å². The van der Waals surface area contributed by atoms with Crippen LogP contribution in [0.15, 0.2) is 50.5 Å². The second-order valence-corrected chi connectivity index (χ2v) is 10.2. The number of carbonyl (C=O) groups is 2. The Bertz CT molecular complexity index is 942. The van der Waals surface area contributed by atoms with Gasteiger partial charge in [0.25, 0.3) is 15.9 Å². The Morgan fingerprint density at radius 3 is 2.48 bits per heavy atom. The number of imide groups is 1. The van der Waals surface area contributed by atoms with Gasteiger partial charge in [0.1, 0.15) is 10.3 Å². The van der Waals surface area contributed by atoms with Gasteiger partial charge in [-0.25, -0.2) is 13.3 Å². The molecule has 27 heavy (non-hydrogen) atoms. The van der Waals surface area contributed by atoms with Crippen LogP contribution in [-0.4, -0.2) is 36.6 Å². The molecule has 2 unspecified atom stereocenters. The zero-order chi connectivity index (χ0) is 19.8. The third-order valence-electron chi connectivity index (χ3n) is 4.57. The number of halogens is 1. The molecular formula is C18H19BrN2O4S2. The summed E-state index contributed by atoms with van der Waals surface area (Å²) in [4.78, 5) is 26.7. The van der Waals surface area contributed by atoms with E-state index in [0.29, 0.717) is 12.1 Å². The Morgan fingerprint density at radius 2 is 1.93 bits per heavy atom. The summed E-state index contributed by atoms with van der Waals surface area (Å²) in [5, 5.41) is 1.68. The molecule has 0 saturated carbocycles. The van der Waals surface area contributed by atoms with E-state index in [1.165, 1.54) is 10.4 Å². The largest absolute Gasteiger partial charge is 0.274 e. The molecule has 2 aromatic rings. The van der Waals surface area contributed by atoms with E-state index >= 15 is 0 Å². The Hall–Kier alpha value is -1.55. The highest BCUT2D eigenvalue weighted by atomic mass is 79.9. The van der Waals surface area contributed by atoms with Gasteiger partial charge in [0.05, 0.1) is 12.1 Å². The van der Waals surface area contributed by atoms with Crippen molar-refractivity contribution < 1.29 is 18.0 Å². The fraction of sp³-hybridized carbons (Fsp3) is 0.333. The summed E-state index contributed by atoms with van der Waals surface area (Å²) < 4.78 is 28.5. The van der Waals surface area contributed by atoms with E-state index < -0.39 is 33.9 Å². The van der Waals surface area contributed by atoms with E-state index in [9.17, 15) is 18.0 Å². The van der Waals surface area contributed by atoms with Crippen molar-refractivity contribution in [3.8, 4) is 0 Å². The molecule has 0 aliphatic carbocycles. The minimum absolute atomic E-state index is 0.163. The minimum Gasteiger partial charge on any atom is -0.274 e. The molecule has 1 aliphatic heterocycles. The van der Waals surface area contributed by atoms with Gasteiger partial charge in [-0.05, 0) is 49.1 Å². The summed E-state index contributed by atoms with van der Waals surface area (Å²) in [6, 6.07) is 8.50. The fourth-order valence-corrected chi connectivity index (χ4v) is 6.29. The molecule has 1 aliphatic rings. The highest BCUT2D eigenvalue weighted by molar-refractivity contribution is 9.10. The van der Waals surface area contributed by atoms with Crippen LogP contribution < -0.4 is 4.90 Å². The molecule has 3 rings (SSSR count). The summed E-state index contributed by atoms with van der Waals surface area (Å²) in [5.74, 6) is -0.912. The van der Waals surface area contributed by atoms with Gasteiger partial charge in [0, 0.05) is 10.5 Å². The van der Waals surface area contributed by atoms with Gasteiger partial charge in [-0.2, -0.15) is 4.31 Å². The Morgan fingerprint density at radius 1 is 1.26 bits per heavy atom. The summed E-state index contributed by atoms with van der Waals surface area (Å²) in [7, 11) is -3.88. The summed E-state index contributed by atoms with van der Waals surface area (Å²) in [5.41, 5.74) is 0.438. The third-order valence-corrected chi connectivity index (χ3v) is 8.49. The second-order valence-electron chi connectivity index (χ2n) is 6.29. The molecule has 0 radical (unpaired) electrons. The SMILES string of the molecule is CCC(C)N(C1CC(=O)N(c2ccc(Br)cc2)C1=O)S(=O)(=O)c1cccs1. The Labute approximate surface area is 171 Å². The number of benzene rings is 1. The molecule has 1 aromatic heterocycles. The molecule has 2 amide bonds. The molecule has 0 spiro atoms. The van der Waals surface area contributed by atoms with E-state index in [1.54, 1.807) is 42.6 Å². The van der Waals surface area contributed by atoms with Crippen LogP contribution in [0.2, 0.25) is 0 Å². The van der Waals surface area contributed by atoms with E-state index in [0.717, 1.165) is 20.7 Å². The molecule has 144 valence electrons. The zero-order valence-electron chi connectivity index (χ0n) is 14.8. The number of anilines is 1. The van der Waals surface area contributed by atoms with E-state index in [2.05, 4.69) is 15.9 Å². The van der Waals surface area contributed by atoms with Gasteiger partial charge in [-0.1, -0.05) is 28.9 Å². The molecule has 2 atom stereocenters. The first kappa shape index (κ1) is 20.2. The molecule has 0 N–H and O–H groups in total. The predicted molar refractivity (Wildman–Crippen MR) is 108 cm³/mol. The number of carbonyl (C=O) groups excluding carboxylic acids is 2. The minimum atomic E-state index is -3.88. The number of rotatable bonds is 6. The average Bonchev–Trinajstić information content (AvgIpc) is 3.26. The van der Waals surface area contributed by atoms with Crippen LogP contribution in [0.3, 0.4) is 0 Å².